The Hall–Kier alpha value is -1.95. The highest BCUT2D eigenvalue weighted by Crippen LogP contribution is 2.24. The summed E-state index contributed by atoms with van der Waals surface area (Å²) in [6, 6.07) is 5.35. The van der Waals surface area contributed by atoms with Crippen LogP contribution in [0.25, 0.3) is 0 Å². The molecule has 0 aromatic heterocycles. The Kier molecular flexibility index (Phi) is 4.90. The van der Waals surface area contributed by atoms with Gasteiger partial charge in [0.2, 0.25) is 5.91 Å². The number of halogens is 1. The summed E-state index contributed by atoms with van der Waals surface area (Å²) in [5, 5.41) is 0. The van der Waals surface area contributed by atoms with Crippen molar-refractivity contribution in [1.82, 2.24) is 4.90 Å². The Labute approximate surface area is 122 Å². The fourth-order valence-electron chi connectivity index (χ4n) is 2.26. The number of hydrogen-bond acceptors (Lipinski definition) is 4. The Morgan fingerprint density at radius 1 is 1.57 bits per heavy atom. The summed E-state index contributed by atoms with van der Waals surface area (Å²) in [6.45, 7) is 3.65. The second kappa shape index (κ2) is 6.67. The highest BCUT2D eigenvalue weighted by atomic mass is 19.1. The molecule has 0 aliphatic carbocycles. The van der Waals surface area contributed by atoms with Crippen molar-refractivity contribution in [3.63, 3.8) is 0 Å². The van der Waals surface area contributed by atoms with Gasteiger partial charge in [-0.3, -0.25) is 4.79 Å². The van der Waals surface area contributed by atoms with Crippen molar-refractivity contribution in [2.45, 2.75) is 26.0 Å². The number of rotatable bonds is 4. The first kappa shape index (κ1) is 15.4. The lowest BCUT2D eigenvalue weighted by Crippen LogP contribution is -2.51. The molecule has 1 aliphatic heterocycles. The molecule has 0 saturated carbocycles. The van der Waals surface area contributed by atoms with Crippen molar-refractivity contribution in [3.8, 4) is 0 Å². The van der Waals surface area contributed by atoms with E-state index in [-0.39, 0.29) is 31.5 Å². The molecule has 0 bridgehead atoms. The molecule has 2 atom stereocenters. The summed E-state index contributed by atoms with van der Waals surface area (Å²) < 4.78 is 23.6. The molecule has 5 nitrogen and oxygen atoms in total. The molecule has 2 unspecified atom stereocenters. The SMILES string of the molecule is CCOC(=O)C(C)N1CC(c2cccc(F)c2)OCC1=O. The molecule has 1 saturated heterocycles. The quantitative estimate of drug-likeness (QED) is 0.793. The van der Waals surface area contributed by atoms with Crippen LogP contribution < -0.4 is 0 Å². The zero-order valence-corrected chi connectivity index (χ0v) is 12.0. The largest absolute Gasteiger partial charge is 0.464 e. The van der Waals surface area contributed by atoms with Gasteiger partial charge in [0.15, 0.2) is 0 Å². The number of esters is 1. The lowest BCUT2D eigenvalue weighted by Gasteiger charge is -2.35. The van der Waals surface area contributed by atoms with E-state index >= 15 is 0 Å². The van der Waals surface area contributed by atoms with Gasteiger partial charge in [-0.1, -0.05) is 12.1 Å². The average molecular weight is 295 g/mol. The summed E-state index contributed by atoms with van der Waals surface area (Å²) in [6.07, 6.45) is -0.449. The van der Waals surface area contributed by atoms with Gasteiger partial charge in [0.05, 0.1) is 13.2 Å². The monoisotopic (exact) mass is 295 g/mol. The number of carbonyl (C=O) groups excluding carboxylic acids is 2. The minimum atomic E-state index is -0.683. The zero-order chi connectivity index (χ0) is 15.4. The van der Waals surface area contributed by atoms with Gasteiger partial charge >= 0.3 is 5.97 Å². The maximum atomic E-state index is 13.3. The lowest BCUT2D eigenvalue weighted by atomic mass is 10.1. The molecule has 0 spiro atoms. The van der Waals surface area contributed by atoms with Gasteiger partial charge in [0, 0.05) is 0 Å². The van der Waals surface area contributed by atoms with E-state index in [1.165, 1.54) is 17.0 Å². The van der Waals surface area contributed by atoms with E-state index in [0.717, 1.165) is 0 Å². The molecule has 6 heteroatoms. The summed E-state index contributed by atoms with van der Waals surface area (Å²) in [4.78, 5) is 25.1. The molecule has 1 amide bonds. The zero-order valence-electron chi connectivity index (χ0n) is 12.0. The fourth-order valence-corrected chi connectivity index (χ4v) is 2.26. The average Bonchev–Trinajstić information content (AvgIpc) is 2.47. The lowest BCUT2D eigenvalue weighted by molar-refractivity contribution is -0.164. The smallest absolute Gasteiger partial charge is 0.328 e. The van der Waals surface area contributed by atoms with Crippen LogP contribution >= 0.6 is 0 Å². The molecular formula is C15H18FNO4. The van der Waals surface area contributed by atoms with Crippen molar-refractivity contribution < 1.29 is 23.5 Å². The molecule has 0 radical (unpaired) electrons. The maximum absolute atomic E-state index is 13.3. The molecular weight excluding hydrogens is 277 g/mol. The molecule has 1 heterocycles. The van der Waals surface area contributed by atoms with Crippen molar-refractivity contribution in [2.75, 3.05) is 19.8 Å². The minimum absolute atomic E-state index is 0.134. The van der Waals surface area contributed by atoms with Gasteiger partial charge in [-0.25, -0.2) is 9.18 Å². The van der Waals surface area contributed by atoms with E-state index in [4.69, 9.17) is 9.47 Å². The number of morpholine rings is 1. The molecule has 0 N–H and O–H groups in total. The van der Waals surface area contributed by atoms with Gasteiger partial charge in [-0.05, 0) is 31.5 Å². The predicted molar refractivity (Wildman–Crippen MR) is 72.9 cm³/mol. The second-order valence-corrected chi connectivity index (χ2v) is 4.83. The van der Waals surface area contributed by atoms with Gasteiger partial charge in [-0.2, -0.15) is 0 Å². The summed E-state index contributed by atoms with van der Waals surface area (Å²) in [5.41, 5.74) is 0.642. The standard InChI is InChI=1S/C15H18FNO4/c1-3-20-15(19)10(2)17-8-13(21-9-14(17)18)11-5-4-6-12(16)7-11/h4-7,10,13H,3,8-9H2,1-2H3. The number of benzene rings is 1. The van der Waals surface area contributed by atoms with Crippen LogP contribution in [0, 0.1) is 5.82 Å². The minimum Gasteiger partial charge on any atom is -0.464 e. The van der Waals surface area contributed by atoms with E-state index < -0.39 is 18.1 Å². The van der Waals surface area contributed by atoms with Crippen molar-refractivity contribution >= 4 is 11.9 Å². The molecule has 114 valence electrons. The van der Waals surface area contributed by atoms with Gasteiger partial charge in [0.1, 0.15) is 24.6 Å². The first-order valence-corrected chi connectivity index (χ1v) is 6.86. The third-order valence-electron chi connectivity index (χ3n) is 3.41. The summed E-state index contributed by atoms with van der Waals surface area (Å²) in [5.74, 6) is -1.09. The molecule has 1 fully saturated rings. The van der Waals surface area contributed by atoms with E-state index in [1.54, 1.807) is 26.0 Å². The maximum Gasteiger partial charge on any atom is 0.328 e. The highest BCUT2D eigenvalue weighted by molar-refractivity contribution is 5.85. The fraction of sp³-hybridized carbons (Fsp3) is 0.467. The third-order valence-corrected chi connectivity index (χ3v) is 3.41. The van der Waals surface area contributed by atoms with Crippen LogP contribution in [0.1, 0.15) is 25.5 Å². The number of nitrogens with zero attached hydrogens (tertiary/aromatic N) is 1. The molecule has 1 aromatic rings. The van der Waals surface area contributed by atoms with Crippen molar-refractivity contribution in [2.24, 2.45) is 0 Å². The van der Waals surface area contributed by atoms with Gasteiger partial charge in [-0.15, -0.1) is 0 Å². The normalized spacial score (nSPS) is 20.2. The Balaban J connectivity index is 2.12. The van der Waals surface area contributed by atoms with Gasteiger partial charge < -0.3 is 14.4 Å². The van der Waals surface area contributed by atoms with Crippen molar-refractivity contribution in [1.29, 1.82) is 0 Å². The second-order valence-electron chi connectivity index (χ2n) is 4.83. The van der Waals surface area contributed by atoms with Crippen LogP contribution in [-0.2, 0) is 19.1 Å². The van der Waals surface area contributed by atoms with E-state index in [2.05, 4.69) is 0 Å². The van der Waals surface area contributed by atoms with E-state index in [9.17, 15) is 14.0 Å². The van der Waals surface area contributed by atoms with Crippen LogP contribution in [0.15, 0.2) is 24.3 Å². The van der Waals surface area contributed by atoms with Crippen LogP contribution in [0.2, 0.25) is 0 Å². The topological polar surface area (TPSA) is 55.8 Å². The Morgan fingerprint density at radius 2 is 2.33 bits per heavy atom. The van der Waals surface area contributed by atoms with Crippen LogP contribution in [0.3, 0.4) is 0 Å². The number of ether oxygens (including phenoxy) is 2. The van der Waals surface area contributed by atoms with Crippen LogP contribution in [0.5, 0.6) is 0 Å². The van der Waals surface area contributed by atoms with E-state index in [0.29, 0.717) is 5.56 Å². The third kappa shape index (κ3) is 3.58. The Bertz CT molecular complexity index is 534. The summed E-state index contributed by atoms with van der Waals surface area (Å²) in [7, 11) is 0. The molecule has 1 aromatic carbocycles. The van der Waals surface area contributed by atoms with Crippen molar-refractivity contribution in [3.05, 3.63) is 35.6 Å². The van der Waals surface area contributed by atoms with Gasteiger partial charge in [0.25, 0.3) is 0 Å². The molecule has 21 heavy (non-hydrogen) atoms. The number of carbonyl (C=O) groups is 2. The molecule has 1 aliphatic rings. The first-order valence-electron chi connectivity index (χ1n) is 6.86. The highest BCUT2D eigenvalue weighted by Gasteiger charge is 2.34. The van der Waals surface area contributed by atoms with Crippen LogP contribution in [-0.4, -0.2) is 42.6 Å². The Morgan fingerprint density at radius 3 is 3.00 bits per heavy atom. The van der Waals surface area contributed by atoms with Crippen LogP contribution in [0.4, 0.5) is 4.39 Å². The summed E-state index contributed by atoms with van der Waals surface area (Å²) >= 11 is 0. The number of amides is 1. The van der Waals surface area contributed by atoms with E-state index in [1.807, 2.05) is 0 Å². The predicted octanol–water partition coefficient (Wildman–Crippen LogP) is 1.68. The number of hydrogen-bond donors (Lipinski definition) is 0. The molecule has 2 rings (SSSR count). The first-order chi connectivity index (χ1) is 10.0.